The molecule has 0 aliphatic carbocycles. The van der Waals surface area contributed by atoms with Gasteiger partial charge in [-0.15, -0.1) is 0 Å². The lowest BCUT2D eigenvalue weighted by Gasteiger charge is -2.28. The van der Waals surface area contributed by atoms with Crippen LogP contribution in [0.5, 0.6) is 0 Å². The maximum absolute atomic E-state index is 11.4. The molecule has 3 nitrogen and oxygen atoms in total. The molecule has 0 aromatic heterocycles. The average molecular weight is 233 g/mol. The predicted octanol–water partition coefficient (Wildman–Crippen LogP) is 2.00. The molecule has 0 saturated carbocycles. The number of ether oxygens (including phenoxy) is 1. The number of hydrogen-bond acceptors (Lipinski definition) is 3. The number of esters is 1. The van der Waals surface area contributed by atoms with Gasteiger partial charge in [-0.3, -0.25) is 4.79 Å². The quantitative estimate of drug-likeness (QED) is 0.794. The van der Waals surface area contributed by atoms with Crippen LogP contribution in [-0.4, -0.2) is 25.7 Å². The normalized spacial score (nSPS) is 24.4. The average Bonchev–Trinajstić information content (AvgIpc) is 2.39. The Hall–Kier alpha value is -1.35. The third kappa shape index (κ3) is 2.86. The number of methoxy groups -OCH3 is 1. The second-order valence-corrected chi connectivity index (χ2v) is 4.67. The van der Waals surface area contributed by atoms with Crippen molar-refractivity contribution in [1.82, 2.24) is 5.32 Å². The van der Waals surface area contributed by atoms with Gasteiger partial charge in [-0.1, -0.05) is 29.8 Å². The summed E-state index contributed by atoms with van der Waals surface area (Å²) in [5.41, 5.74) is 2.64. The fraction of sp³-hybridized carbons (Fsp3) is 0.500. The summed E-state index contributed by atoms with van der Waals surface area (Å²) in [6, 6.07) is 8.52. The van der Waals surface area contributed by atoms with Crippen LogP contribution < -0.4 is 5.32 Å². The third-order valence-corrected chi connectivity index (χ3v) is 3.45. The van der Waals surface area contributed by atoms with E-state index in [-0.39, 0.29) is 12.0 Å². The molecular weight excluding hydrogens is 214 g/mol. The van der Waals surface area contributed by atoms with Crippen LogP contribution in [0.2, 0.25) is 0 Å². The van der Waals surface area contributed by atoms with E-state index in [1.165, 1.54) is 18.2 Å². The van der Waals surface area contributed by atoms with E-state index in [1.807, 2.05) is 0 Å². The fourth-order valence-corrected chi connectivity index (χ4v) is 2.32. The first-order chi connectivity index (χ1) is 8.20. The molecule has 2 rings (SSSR count). The lowest BCUT2D eigenvalue weighted by molar-refractivity contribution is -0.143. The molecule has 1 saturated heterocycles. The Labute approximate surface area is 102 Å². The number of benzene rings is 1. The second-order valence-electron chi connectivity index (χ2n) is 4.67. The van der Waals surface area contributed by atoms with Crippen LogP contribution in [0.3, 0.4) is 0 Å². The van der Waals surface area contributed by atoms with Crippen molar-refractivity contribution in [2.45, 2.75) is 31.7 Å². The minimum Gasteiger partial charge on any atom is -0.468 e. The molecule has 0 radical (unpaired) electrons. The molecule has 3 heteroatoms. The molecule has 17 heavy (non-hydrogen) atoms. The van der Waals surface area contributed by atoms with Crippen molar-refractivity contribution in [1.29, 1.82) is 0 Å². The van der Waals surface area contributed by atoms with Crippen LogP contribution in [0.25, 0.3) is 0 Å². The van der Waals surface area contributed by atoms with Gasteiger partial charge in [0.2, 0.25) is 0 Å². The van der Waals surface area contributed by atoms with E-state index in [1.54, 1.807) is 0 Å². The highest BCUT2D eigenvalue weighted by Crippen LogP contribution is 2.25. The summed E-state index contributed by atoms with van der Waals surface area (Å²) in [7, 11) is 1.44. The molecule has 1 aromatic carbocycles. The summed E-state index contributed by atoms with van der Waals surface area (Å²) < 4.78 is 4.74. The van der Waals surface area contributed by atoms with Crippen molar-refractivity contribution in [2.24, 2.45) is 0 Å². The lowest BCUT2D eigenvalue weighted by Crippen LogP contribution is -2.43. The van der Waals surface area contributed by atoms with Gasteiger partial charge in [0.25, 0.3) is 0 Å². The van der Waals surface area contributed by atoms with Gasteiger partial charge in [0, 0.05) is 6.54 Å². The van der Waals surface area contributed by atoms with Gasteiger partial charge in [0.1, 0.15) is 6.04 Å². The molecule has 0 spiro atoms. The predicted molar refractivity (Wildman–Crippen MR) is 67.0 cm³/mol. The molecule has 92 valence electrons. The van der Waals surface area contributed by atoms with Gasteiger partial charge in [-0.2, -0.15) is 0 Å². The number of nitrogens with one attached hydrogen (secondary N) is 1. The first-order valence-corrected chi connectivity index (χ1v) is 6.08. The van der Waals surface area contributed by atoms with E-state index >= 15 is 0 Å². The Morgan fingerprint density at radius 2 is 2.00 bits per heavy atom. The Morgan fingerprint density at radius 3 is 2.53 bits per heavy atom. The van der Waals surface area contributed by atoms with E-state index in [0.29, 0.717) is 5.92 Å². The highest BCUT2D eigenvalue weighted by molar-refractivity contribution is 5.75. The molecule has 1 aliphatic rings. The standard InChI is InChI=1S/C14H19NO2/c1-10-3-5-11(6-4-10)12-7-8-13(15-9-12)14(16)17-2/h3-6,12-13,15H,7-9H2,1-2H3/t12-,13+/m0/s1. The maximum atomic E-state index is 11.4. The summed E-state index contributed by atoms with van der Waals surface area (Å²) in [4.78, 5) is 11.4. The van der Waals surface area contributed by atoms with Crippen molar-refractivity contribution < 1.29 is 9.53 Å². The summed E-state index contributed by atoms with van der Waals surface area (Å²) in [5.74, 6) is 0.365. The molecule has 2 atom stereocenters. The monoisotopic (exact) mass is 233 g/mol. The third-order valence-electron chi connectivity index (χ3n) is 3.45. The van der Waals surface area contributed by atoms with E-state index < -0.39 is 0 Å². The van der Waals surface area contributed by atoms with E-state index in [2.05, 4.69) is 36.5 Å². The molecule has 0 amide bonds. The molecule has 1 fully saturated rings. The van der Waals surface area contributed by atoms with Gasteiger partial charge < -0.3 is 10.1 Å². The summed E-state index contributed by atoms with van der Waals surface area (Å²) in [5, 5.41) is 3.26. The number of carbonyl (C=O) groups excluding carboxylic acids is 1. The number of carbonyl (C=O) groups is 1. The van der Waals surface area contributed by atoms with Crippen LogP contribution in [0, 0.1) is 6.92 Å². The molecule has 1 heterocycles. The molecular formula is C14H19NO2. The van der Waals surface area contributed by atoms with Crippen LogP contribution in [0.1, 0.15) is 29.9 Å². The SMILES string of the molecule is COC(=O)[C@H]1CC[C@H](c2ccc(C)cc2)CN1. The van der Waals surface area contributed by atoms with Crippen LogP contribution in [-0.2, 0) is 9.53 Å². The highest BCUT2D eigenvalue weighted by Gasteiger charge is 2.26. The Morgan fingerprint density at radius 1 is 1.29 bits per heavy atom. The number of rotatable bonds is 2. The minimum atomic E-state index is -0.146. The number of aryl methyl sites for hydroxylation is 1. The van der Waals surface area contributed by atoms with Gasteiger partial charge in [-0.25, -0.2) is 0 Å². The van der Waals surface area contributed by atoms with E-state index in [9.17, 15) is 4.79 Å². The number of hydrogen-bond donors (Lipinski definition) is 1. The van der Waals surface area contributed by atoms with Crippen LogP contribution in [0.15, 0.2) is 24.3 Å². The Balaban J connectivity index is 1.95. The van der Waals surface area contributed by atoms with Crippen LogP contribution in [0.4, 0.5) is 0 Å². The second kappa shape index (κ2) is 5.32. The van der Waals surface area contributed by atoms with Crippen LogP contribution >= 0.6 is 0 Å². The maximum Gasteiger partial charge on any atom is 0.322 e. The summed E-state index contributed by atoms with van der Waals surface area (Å²) in [6.45, 7) is 2.94. The Kier molecular flexibility index (Phi) is 3.79. The minimum absolute atomic E-state index is 0.123. The first kappa shape index (κ1) is 12.1. The smallest absolute Gasteiger partial charge is 0.322 e. The fourth-order valence-electron chi connectivity index (χ4n) is 2.32. The van der Waals surface area contributed by atoms with Crippen molar-refractivity contribution in [3.8, 4) is 0 Å². The zero-order valence-electron chi connectivity index (χ0n) is 10.4. The van der Waals surface area contributed by atoms with E-state index in [0.717, 1.165) is 19.4 Å². The molecule has 0 unspecified atom stereocenters. The summed E-state index contributed by atoms with van der Waals surface area (Å²) >= 11 is 0. The summed E-state index contributed by atoms with van der Waals surface area (Å²) in [6.07, 6.45) is 1.89. The highest BCUT2D eigenvalue weighted by atomic mass is 16.5. The lowest BCUT2D eigenvalue weighted by atomic mass is 9.88. The zero-order valence-corrected chi connectivity index (χ0v) is 10.4. The topological polar surface area (TPSA) is 38.3 Å². The molecule has 1 N–H and O–H groups in total. The first-order valence-electron chi connectivity index (χ1n) is 6.08. The van der Waals surface area contributed by atoms with Gasteiger partial charge in [0.05, 0.1) is 7.11 Å². The van der Waals surface area contributed by atoms with Crippen molar-refractivity contribution in [3.05, 3.63) is 35.4 Å². The largest absolute Gasteiger partial charge is 0.468 e. The van der Waals surface area contributed by atoms with Crippen molar-refractivity contribution >= 4 is 5.97 Å². The zero-order chi connectivity index (χ0) is 12.3. The van der Waals surface area contributed by atoms with Crippen molar-refractivity contribution in [2.75, 3.05) is 13.7 Å². The van der Waals surface area contributed by atoms with Gasteiger partial charge in [0.15, 0.2) is 0 Å². The van der Waals surface area contributed by atoms with Crippen molar-refractivity contribution in [3.63, 3.8) is 0 Å². The van der Waals surface area contributed by atoms with E-state index in [4.69, 9.17) is 4.74 Å². The molecule has 0 bridgehead atoms. The number of piperidine rings is 1. The Bertz CT molecular complexity index is 378. The van der Waals surface area contributed by atoms with Gasteiger partial charge in [-0.05, 0) is 31.2 Å². The van der Waals surface area contributed by atoms with Gasteiger partial charge >= 0.3 is 5.97 Å². The molecule has 1 aliphatic heterocycles. The molecule has 1 aromatic rings.